The smallest absolute Gasteiger partial charge is 0.282 e. The normalized spacial score (nSPS) is 31.2. The maximum Gasteiger partial charge on any atom is 0.282 e. The van der Waals surface area contributed by atoms with Gasteiger partial charge < -0.3 is 5.73 Å². The third-order valence-corrected chi connectivity index (χ3v) is 6.06. The van der Waals surface area contributed by atoms with Gasteiger partial charge >= 0.3 is 0 Å². The summed E-state index contributed by atoms with van der Waals surface area (Å²) in [5, 5.41) is 7.50. The maximum atomic E-state index is 12.6. The second kappa shape index (κ2) is 5.76. The van der Waals surface area contributed by atoms with Crippen LogP contribution in [0.2, 0.25) is 0 Å². The van der Waals surface area contributed by atoms with Crippen molar-refractivity contribution < 1.29 is 8.42 Å². The van der Waals surface area contributed by atoms with Crippen LogP contribution < -0.4 is 5.73 Å². The summed E-state index contributed by atoms with van der Waals surface area (Å²) in [7, 11) is -3.37. The minimum Gasteiger partial charge on any atom is -0.387 e. The van der Waals surface area contributed by atoms with E-state index in [2.05, 4.69) is 6.92 Å². The van der Waals surface area contributed by atoms with Crippen molar-refractivity contribution in [1.82, 2.24) is 8.61 Å². The molecular formula is C12H24N4O2S. The molecule has 2 aliphatic heterocycles. The van der Waals surface area contributed by atoms with Crippen molar-refractivity contribution in [2.24, 2.45) is 17.6 Å². The number of nitrogens with one attached hydrogen (secondary N) is 1. The fraction of sp³-hybridized carbons (Fsp3) is 0.917. The van der Waals surface area contributed by atoms with Crippen LogP contribution in [0.15, 0.2) is 0 Å². The Morgan fingerprint density at radius 2 is 1.74 bits per heavy atom. The highest BCUT2D eigenvalue weighted by Gasteiger charge is 2.35. The summed E-state index contributed by atoms with van der Waals surface area (Å²) in [6.45, 7) is 4.24. The second-order valence-electron chi connectivity index (χ2n) is 5.77. The molecule has 0 aromatic heterocycles. The summed E-state index contributed by atoms with van der Waals surface area (Å²) in [6.07, 6.45) is 3.64. The lowest BCUT2D eigenvalue weighted by molar-refractivity contribution is 0.239. The van der Waals surface area contributed by atoms with E-state index in [1.807, 2.05) is 0 Å². The number of rotatable bonds is 3. The molecule has 0 aromatic rings. The number of amidine groups is 1. The summed E-state index contributed by atoms with van der Waals surface area (Å²) in [5.74, 6) is 0.412. The predicted molar refractivity (Wildman–Crippen MR) is 75.1 cm³/mol. The van der Waals surface area contributed by atoms with E-state index in [-0.39, 0.29) is 11.8 Å². The zero-order valence-corrected chi connectivity index (χ0v) is 12.3. The highest BCUT2D eigenvalue weighted by molar-refractivity contribution is 7.86. The zero-order chi connectivity index (χ0) is 14.0. The molecule has 2 saturated heterocycles. The van der Waals surface area contributed by atoms with Gasteiger partial charge in [0.05, 0.1) is 5.84 Å². The Labute approximate surface area is 115 Å². The molecule has 0 amide bonds. The second-order valence-corrected chi connectivity index (χ2v) is 7.69. The lowest BCUT2D eigenvalue weighted by Crippen LogP contribution is -2.51. The van der Waals surface area contributed by atoms with E-state index in [0.29, 0.717) is 32.1 Å². The molecule has 2 unspecified atom stereocenters. The van der Waals surface area contributed by atoms with Gasteiger partial charge in [-0.1, -0.05) is 6.92 Å². The van der Waals surface area contributed by atoms with Gasteiger partial charge in [0.15, 0.2) is 0 Å². The number of nitrogens with zero attached hydrogens (tertiary/aromatic N) is 2. The Hall–Kier alpha value is -0.660. The molecule has 0 spiro atoms. The first kappa shape index (κ1) is 14.7. The first-order valence-electron chi connectivity index (χ1n) is 7.00. The van der Waals surface area contributed by atoms with Gasteiger partial charge in [0.2, 0.25) is 0 Å². The molecule has 19 heavy (non-hydrogen) atoms. The molecule has 0 bridgehead atoms. The van der Waals surface area contributed by atoms with Gasteiger partial charge in [-0.15, -0.1) is 0 Å². The van der Waals surface area contributed by atoms with E-state index in [1.165, 1.54) is 4.31 Å². The van der Waals surface area contributed by atoms with Crippen LogP contribution in [0.4, 0.5) is 0 Å². The van der Waals surface area contributed by atoms with E-state index in [1.54, 1.807) is 4.31 Å². The first-order chi connectivity index (χ1) is 8.91. The molecule has 3 N–H and O–H groups in total. The molecule has 7 heteroatoms. The largest absolute Gasteiger partial charge is 0.387 e. The van der Waals surface area contributed by atoms with Crippen molar-refractivity contribution in [1.29, 1.82) is 5.41 Å². The molecule has 0 radical (unpaired) electrons. The Morgan fingerprint density at radius 1 is 1.16 bits per heavy atom. The summed E-state index contributed by atoms with van der Waals surface area (Å²) >= 11 is 0. The average molecular weight is 288 g/mol. The minimum absolute atomic E-state index is 0.104. The van der Waals surface area contributed by atoms with E-state index >= 15 is 0 Å². The fourth-order valence-electron chi connectivity index (χ4n) is 2.92. The molecule has 0 aliphatic carbocycles. The third kappa shape index (κ3) is 3.27. The molecular weight excluding hydrogens is 264 g/mol. The molecule has 2 rings (SSSR count). The van der Waals surface area contributed by atoms with E-state index in [0.717, 1.165) is 25.7 Å². The molecule has 110 valence electrons. The highest BCUT2D eigenvalue weighted by Crippen LogP contribution is 2.24. The highest BCUT2D eigenvalue weighted by atomic mass is 32.2. The Kier molecular flexibility index (Phi) is 4.47. The molecule has 2 aliphatic rings. The summed E-state index contributed by atoms with van der Waals surface area (Å²) < 4.78 is 28.3. The summed E-state index contributed by atoms with van der Waals surface area (Å²) in [6, 6.07) is 0. The first-order valence-corrected chi connectivity index (χ1v) is 8.40. The van der Waals surface area contributed by atoms with Gasteiger partial charge in [-0.3, -0.25) is 5.41 Å². The van der Waals surface area contributed by atoms with Gasteiger partial charge in [-0.2, -0.15) is 17.0 Å². The fourth-order valence-corrected chi connectivity index (χ4v) is 4.78. The lowest BCUT2D eigenvalue weighted by Gasteiger charge is -2.37. The van der Waals surface area contributed by atoms with Crippen molar-refractivity contribution in [3.05, 3.63) is 0 Å². The predicted octanol–water partition coefficient (Wildman–Crippen LogP) is 0.611. The summed E-state index contributed by atoms with van der Waals surface area (Å²) in [4.78, 5) is 0. The van der Waals surface area contributed by atoms with Gasteiger partial charge in [-0.25, -0.2) is 0 Å². The van der Waals surface area contributed by atoms with Crippen LogP contribution in [0, 0.1) is 17.2 Å². The van der Waals surface area contributed by atoms with Crippen molar-refractivity contribution in [3.8, 4) is 0 Å². The van der Waals surface area contributed by atoms with Crippen LogP contribution in [0.25, 0.3) is 0 Å². The number of hydrogen-bond acceptors (Lipinski definition) is 3. The van der Waals surface area contributed by atoms with Gasteiger partial charge in [0.1, 0.15) is 0 Å². The van der Waals surface area contributed by atoms with E-state index < -0.39 is 10.2 Å². The van der Waals surface area contributed by atoms with Crippen LogP contribution in [0.5, 0.6) is 0 Å². The lowest BCUT2D eigenvalue weighted by atomic mass is 9.99. The quantitative estimate of drug-likeness (QED) is 0.589. The maximum absolute atomic E-state index is 12.6. The van der Waals surface area contributed by atoms with Crippen LogP contribution in [-0.4, -0.2) is 49.0 Å². The Bertz CT molecular complexity index is 437. The van der Waals surface area contributed by atoms with Crippen molar-refractivity contribution >= 4 is 16.0 Å². The molecule has 2 heterocycles. The zero-order valence-electron chi connectivity index (χ0n) is 11.5. The van der Waals surface area contributed by atoms with Crippen molar-refractivity contribution in [3.63, 3.8) is 0 Å². The SMILES string of the molecule is CC1CCCN(S(=O)(=O)N2CCCC(C(=N)N)C2)C1. The van der Waals surface area contributed by atoms with Crippen LogP contribution in [-0.2, 0) is 10.2 Å². The Morgan fingerprint density at radius 3 is 2.32 bits per heavy atom. The van der Waals surface area contributed by atoms with E-state index in [9.17, 15) is 8.42 Å². The molecule has 2 fully saturated rings. The molecule has 0 saturated carbocycles. The number of piperidine rings is 2. The van der Waals surface area contributed by atoms with Crippen LogP contribution >= 0.6 is 0 Å². The Balaban J connectivity index is 2.08. The molecule has 6 nitrogen and oxygen atoms in total. The standard InChI is InChI=1S/C12H24N4O2S/c1-10-4-2-6-15(8-10)19(17,18)16-7-3-5-11(9-16)12(13)14/h10-11H,2-9H2,1H3,(H3,13,14). The third-order valence-electron chi connectivity index (χ3n) is 4.10. The van der Waals surface area contributed by atoms with Gasteiger partial charge in [-0.05, 0) is 31.6 Å². The molecule has 0 aromatic carbocycles. The van der Waals surface area contributed by atoms with Gasteiger partial charge in [0, 0.05) is 32.1 Å². The van der Waals surface area contributed by atoms with Crippen molar-refractivity contribution in [2.45, 2.75) is 32.6 Å². The minimum atomic E-state index is -3.37. The monoisotopic (exact) mass is 288 g/mol. The number of nitrogens with two attached hydrogens (primary N) is 1. The van der Waals surface area contributed by atoms with Crippen LogP contribution in [0.3, 0.4) is 0 Å². The number of hydrogen-bond donors (Lipinski definition) is 2. The average Bonchev–Trinajstić information content (AvgIpc) is 2.39. The summed E-state index contributed by atoms with van der Waals surface area (Å²) in [5.41, 5.74) is 5.52. The topological polar surface area (TPSA) is 90.5 Å². The van der Waals surface area contributed by atoms with E-state index in [4.69, 9.17) is 11.1 Å². The van der Waals surface area contributed by atoms with Gasteiger partial charge in [0.25, 0.3) is 10.2 Å². The van der Waals surface area contributed by atoms with Crippen LogP contribution in [0.1, 0.15) is 32.6 Å². The molecule has 2 atom stereocenters. The van der Waals surface area contributed by atoms with Crippen molar-refractivity contribution in [2.75, 3.05) is 26.2 Å².